The Kier molecular flexibility index (Phi) is 5.25. The van der Waals surface area contributed by atoms with Gasteiger partial charge in [0, 0.05) is 0 Å². The van der Waals surface area contributed by atoms with E-state index in [1.54, 1.807) is 0 Å². The van der Waals surface area contributed by atoms with Gasteiger partial charge in [-0.05, 0) is 0 Å². The van der Waals surface area contributed by atoms with Crippen LogP contribution in [-0.4, -0.2) is 36.5 Å². The summed E-state index contributed by atoms with van der Waals surface area (Å²) >= 11 is 0. The minimum Gasteiger partial charge on any atom is -0.310 e. The van der Waals surface area contributed by atoms with Gasteiger partial charge in [0.15, 0.2) is 6.61 Å². The van der Waals surface area contributed by atoms with E-state index < -0.39 is 43.8 Å². The summed E-state index contributed by atoms with van der Waals surface area (Å²) in [6, 6.07) is 0. The van der Waals surface area contributed by atoms with Crippen molar-refractivity contribution >= 4 is 7.37 Å². The SMILES string of the molecule is O=P(OCC(F)(F)F)(C(F)(F)C(F)(F)F)C(F)(F)C(F)(F)F. The van der Waals surface area contributed by atoms with Crippen molar-refractivity contribution in [3.05, 3.63) is 0 Å². The number of hydrogen-bond acceptors (Lipinski definition) is 2. The second-order valence-electron chi connectivity index (χ2n) is 3.52. The third kappa shape index (κ3) is 3.60. The van der Waals surface area contributed by atoms with Gasteiger partial charge in [0.1, 0.15) is 0 Å². The van der Waals surface area contributed by atoms with Crippen LogP contribution >= 0.6 is 7.37 Å². The molecule has 134 valence electrons. The van der Waals surface area contributed by atoms with Gasteiger partial charge in [0.2, 0.25) is 0 Å². The minimum absolute atomic E-state index is 2.27. The van der Waals surface area contributed by atoms with Crippen LogP contribution in [0.5, 0.6) is 0 Å². The largest absolute Gasteiger partial charge is 0.463 e. The highest BCUT2D eigenvalue weighted by molar-refractivity contribution is 7.61. The Labute approximate surface area is 111 Å². The maximum atomic E-state index is 12.7. The highest BCUT2D eigenvalue weighted by Crippen LogP contribution is 2.77. The molecule has 0 fully saturated rings. The first-order chi connectivity index (χ1) is 9.21. The van der Waals surface area contributed by atoms with Crippen LogP contribution in [0.4, 0.5) is 57.1 Å². The van der Waals surface area contributed by atoms with Gasteiger partial charge in [-0.2, -0.15) is 57.1 Å². The molecule has 0 saturated heterocycles. The molecule has 0 N–H and O–H groups in total. The van der Waals surface area contributed by atoms with E-state index in [1.165, 1.54) is 0 Å². The summed E-state index contributed by atoms with van der Waals surface area (Å²) in [5.41, 5.74) is -14.8. The van der Waals surface area contributed by atoms with E-state index in [9.17, 15) is 61.6 Å². The molecular formula is C6H2F13O2P. The zero-order valence-corrected chi connectivity index (χ0v) is 10.3. The van der Waals surface area contributed by atoms with Crippen molar-refractivity contribution in [1.82, 2.24) is 0 Å². The normalized spacial score (nSPS) is 16.0. The van der Waals surface area contributed by atoms with Crippen LogP contribution in [0.2, 0.25) is 0 Å². The number of hydrogen-bond donors (Lipinski definition) is 0. The summed E-state index contributed by atoms with van der Waals surface area (Å²) in [4.78, 5) is 0. The molecule has 0 saturated carbocycles. The van der Waals surface area contributed by atoms with Crippen molar-refractivity contribution in [1.29, 1.82) is 0 Å². The zero-order chi connectivity index (χ0) is 18.4. The van der Waals surface area contributed by atoms with Crippen LogP contribution in [0.1, 0.15) is 0 Å². The lowest BCUT2D eigenvalue weighted by molar-refractivity contribution is -0.274. The first-order valence-corrected chi connectivity index (χ1v) is 6.04. The molecule has 16 heteroatoms. The van der Waals surface area contributed by atoms with Gasteiger partial charge in [-0.25, -0.2) is 0 Å². The summed E-state index contributed by atoms with van der Waals surface area (Å²) < 4.78 is 170. The first-order valence-electron chi connectivity index (χ1n) is 4.41. The van der Waals surface area contributed by atoms with Crippen LogP contribution in [0, 0.1) is 0 Å². The van der Waals surface area contributed by atoms with Gasteiger partial charge in [0.25, 0.3) is 0 Å². The number of halogens is 13. The van der Waals surface area contributed by atoms with Crippen LogP contribution in [0.15, 0.2) is 0 Å². The number of rotatable bonds is 4. The highest BCUT2D eigenvalue weighted by atomic mass is 31.2. The smallest absolute Gasteiger partial charge is 0.310 e. The Balaban J connectivity index is 6.19. The number of alkyl halides is 13. The average molecular weight is 384 g/mol. The minimum atomic E-state index is -8.60. The fourth-order valence-electron chi connectivity index (χ4n) is 0.836. The van der Waals surface area contributed by atoms with Crippen molar-refractivity contribution < 1.29 is 66.2 Å². The summed E-state index contributed by atoms with van der Waals surface area (Å²) in [6.45, 7) is -3.44. The topological polar surface area (TPSA) is 26.3 Å². The van der Waals surface area contributed by atoms with Crippen molar-refractivity contribution in [2.75, 3.05) is 6.61 Å². The molecule has 0 aromatic heterocycles. The molecule has 0 aliphatic carbocycles. The van der Waals surface area contributed by atoms with Gasteiger partial charge in [-0.1, -0.05) is 0 Å². The van der Waals surface area contributed by atoms with Crippen LogP contribution < -0.4 is 0 Å². The van der Waals surface area contributed by atoms with Gasteiger partial charge in [-0.3, -0.25) is 4.57 Å². The molecule has 2 nitrogen and oxygen atoms in total. The summed E-state index contributed by atoms with van der Waals surface area (Å²) in [6.07, 6.45) is -20.5. The van der Waals surface area contributed by atoms with Crippen LogP contribution in [0.3, 0.4) is 0 Å². The molecule has 0 rings (SSSR count). The lowest BCUT2D eigenvalue weighted by atomic mass is 10.7. The zero-order valence-electron chi connectivity index (χ0n) is 9.38. The lowest BCUT2D eigenvalue weighted by Gasteiger charge is -2.34. The monoisotopic (exact) mass is 384 g/mol. The van der Waals surface area contributed by atoms with E-state index in [0.29, 0.717) is 0 Å². The maximum absolute atomic E-state index is 12.7. The molecule has 0 aliphatic heterocycles. The second-order valence-corrected chi connectivity index (χ2v) is 6.00. The lowest BCUT2D eigenvalue weighted by Crippen LogP contribution is -2.48. The first kappa shape index (κ1) is 21.3. The summed E-state index contributed by atoms with van der Waals surface area (Å²) in [5, 5.41) is 0. The third-order valence-corrected chi connectivity index (χ3v) is 4.31. The molecule has 0 atom stereocenters. The summed E-state index contributed by atoms with van der Waals surface area (Å²) in [5.74, 6) is 0. The van der Waals surface area contributed by atoms with Crippen LogP contribution in [-0.2, 0) is 9.09 Å². The Morgan fingerprint density at radius 2 is 0.909 bits per heavy atom. The molecule has 0 aromatic carbocycles. The van der Waals surface area contributed by atoms with E-state index in [0.717, 1.165) is 0 Å². The molecule has 0 heterocycles. The molecule has 0 bridgehead atoms. The molecule has 0 amide bonds. The predicted octanol–water partition coefficient (Wildman–Crippen LogP) is 5.15. The molecule has 0 spiro atoms. The van der Waals surface area contributed by atoms with E-state index in [1.807, 2.05) is 0 Å². The predicted molar refractivity (Wildman–Crippen MR) is 41.6 cm³/mol. The van der Waals surface area contributed by atoms with Gasteiger partial charge >= 0.3 is 37.2 Å². The van der Waals surface area contributed by atoms with E-state index in [-0.39, 0.29) is 0 Å². The fourth-order valence-corrected chi connectivity index (χ4v) is 2.51. The quantitative estimate of drug-likeness (QED) is 0.495. The maximum Gasteiger partial charge on any atom is 0.463 e. The molecule has 0 unspecified atom stereocenters. The molecule has 0 radical (unpaired) electrons. The van der Waals surface area contributed by atoms with Gasteiger partial charge < -0.3 is 4.52 Å². The van der Waals surface area contributed by atoms with Crippen molar-refractivity contribution in [3.8, 4) is 0 Å². The summed E-state index contributed by atoms with van der Waals surface area (Å²) in [7, 11) is -8.60. The second kappa shape index (κ2) is 5.42. The standard InChI is InChI=1S/C6H2F13O2P/c7-2(8,9)1-21-22(20,5(16,17)3(10,11)12)6(18,19)4(13,14)15/h1H2. The van der Waals surface area contributed by atoms with E-state index in [4.69, 9.17) is 0 Å². The van der Waals surface area contributed by atoms with E-state index >= 15 is 0 Å². The average Bonchev–Trinajstić information content (AvgIpc) is 2.20. The van der Waals surface area contributed by atoms with E-state index in [2.05, 4.69) is 4.52 Å². The molecule has 0 aliphatic rings. The Morgan fingerprint density at radius 1 is 0.636 bits per heavy atom. The fraction of sp³-hybridized carbons (Fsp3) is 1.00. The highest BCUT2D eigenvalue weighted by Gasteiger charge is 2.85. The molecule has 22 heavy (non-hydrogen) atoms. The Hall–Kier alpha value is -0.720. The Bertz CT molecular complexity index is 413. The van der Waals surface area contributed by atoms with Gasteiger partial charge in [-0.15, -0.1) is 0 Å². The molecule has 0 aromatic rings. The third-order valence-electron chi connectivity index (χ3n) is 1.83. The Morgan fingerprint density at radius 3 is 1.09 bits per heavy atom. The molecular weight excluding hydrogens is 382 g/mol. The van der Waals surface area contributed by atoms with Gasteiger partial charge in [0.05, 0.1) is 0 Å². The van der Waals surface area contributed by atoms with Crippen LogP contribution in [0.25, 0.3) is 0 Å². The van der Waals surface area contributed by atoms with Crippen molar-refractivity contribution in [2.45, 2.75) is 29.9 Å². The van der Waals surface area contributed by atoms with Crippen molar-refractivity contribution in [2.24, 2.45) is 0 Å². The van der Waals surface area contributed by atoms with Crippen molar-refractivity contribution in [3.63, 3.8) is 0 Å².